The van der Waals surface area contributed by atoms with Gasteiger partial charge in [0.25, 0.3) is 5.91 Å². The monoisotopic (exact) mass is 387 g/mol. The van der Waals surface area contributed by atoms with E-state index in [1.807, 2.05) is 19.9 Å². The molecule has 0 bridgehead atoms. The highest BCUT2D eigenvalue weighted by molar-refractivity contribution is 7.89. The first-order valence-electron chi connectivity index (χ1n) is 9.09. The highest BCUT2D eigenvalue weighted by Crippen LogP contribution is 2.26. The number of nitrogens with zero attached hydrogens (tertiary/aromatic N) is 1. The molecule has 0 radical (unpaired) electrons. The van der Waals surface area contributed by atoms with Crippen LogP contribution in [-0.4, -0.2) is 37.8 Å². The molecule has 3 rings (SSSR count). The SMILES string of the molecule is CC[C@@H]1CN(S(=O)(=O)c2ccc(C)cc2)C[C@H]1NNC(=O)c1ccccc1. The predicted octanol–water partition coefficient (Wildman–Crippen LogP) is 2.33. The van der Waals surface area contributed by atoms with Gasteiger partial charge in [0.1, 0.15) is 0 Å². The Morgan fingerprint density at radius 2 is 1.74 bits per heavy atom. The summed E-state index contributed by atoms with van der Waals surface area (Å²) >= 11 is 0. The van der Waals surface area contributed by atoms with Crippen LogP contribution in [0.4, 0.5) is 0 Å². The van der Waals surface area contributed by atoms with Crippen molar-refractivity contribution in [3.8, 4) is 0 Å². The van der Waals surface area contributed by atoms with Crippen LogP contribution in [0.5, 0.6) is 0 Å². The summed E-state index contributed by atoms with van der Waals surface area (Å²) in [5.41, 5.74) is 7.33. The highest BCUT2D eigenvalue weighted by atomic mass is 32.2. The van der Waals surface area contributed by atoms with Crippen molar-refractivity contribution in [1.82, 2.24) is 15.2 Å². The molecule has 2 atom stereocenters. The van der Waals surface area contributed by atoms with Gasteiger partial charge in [-0.25, -0.2) is 13.8 Å². The fourth-order valence-corrected chi connectivity index (χ4v) is 4.81. The normalized spacial score (nSPS) is 20.5. The molecule has 1 aliphatic rings. The lowest BCUT2D eigenvalue weighted by Crippen LogP contribution is -2.48. The average molecular weight is 388 g/mol. The Kier molecular flexibility index (Phi) is 5.94. The molecule has 0 saturated carbocycles. The number of sulfonamides is 1. The molecule has 2 aromatic rings. The van der Waals surface area contributed by atoms with Gasteiger partial charge in [-0.05, 0) is 37.1 Å². The van der Waals surface area contributed by atoms with Crippen LogP contribution >= 0.6 is 0 Å². The summed E-state index contributed by atoms with van der Waals surface area (Å²) in [5, 5.41) is 0. The Bertz CT molecular complexity index is 882. The number of amides is 1. The maximum Gasteiger partial charge on any atom is 0.265 e. The van der Waals surface area contributed by atoms with Crippen molar-refractivity contribution >= 4 is 15.9 Å². The summed E-state index contributed by atoms with van der Waals surface area (Å²) in [5.74, 6) is -0.105. The van der Waals surface area contributed by atoms with Gasteiger partial charge in [0.15, 0.2) is 0 Å². The van der Waals surface area contributed by atoms with Gasteiger partial charge in [-0.1, -0.05) is 49.2 Å². The molecule has 0 aromatic heterocycles. The number of nitrogens with one attached hydrogen (secondary N) is 2. The van der Waals surface area contributed by atoms with E-state index in [9.17, 15) is 13.2 Å². The Labute approximate surface area is 160 Å². The van der Waals surface area contributed by atoms with Gasteiger partial charge in [0, 0.05) is 24.7 Å². The lowest BCUT2D eigenvalue weighted by molar-refractivity contribution is 0.0921. The maximum atomic E-state index is 12.9. The van der Waals surface area contributed by atoms with Crippen LogP contribution in [0.1, 0.15) is 29.3 Å². The van der Waals surface area contributed by atoms with Crippen molar-refractivity contribution in [2.24, 2.45) is 5.92 Å². The average Bonchev–Trinajstić information content (AvgIpc) is 3.11. The van der Waals surface area contributed by atoms with Crippen molar-refractivity contribution in [2.75, 3.05) is 13.1 Å². The number of carbonyl (C=O) groups is 1. The summed E-state index contributed by atoms with van der Waals surface area (Å²) in [6.45, 7) is 4.71. The zero-order valence-corrected chi connectivity index (χ0v) is 16.4. The second-order valence-corrected chi connectivity index (χ2v) is 8.81. The van der Waals surface area contributed by atoms with Crippen LogP contribution in [-0.2, 0) is 10.0 Å². The number of hydrogen-bond acceptors (Lipinski definition) is 4. The molecular weight excluding hydrogens is 362 g/mol. The van der Waals surface area contributed by atoms with E-state index in [2.05, 4.69) is 10.9 Å². The Morgan fingerprint density at radius 1 is 1.07 bits per heavy atom. The van der Waals surface area contributed by atoms with Crippen LogP contribution < -0.4 is 10.9 Å². The van der Waals surface area contributed by atoms with Gasteiger partial charge in [-0.3, -0.25) is 10.2 Å². The summed E-state index contributed by atoms with van der Waals surface area (Å²) < 4.78 is 27.3. The molecule has 1 aliphatic heterocycles. The number of hydrazine groups is 1. The summed E-state index contributed by atoms with van der Waals surface area (Å²) in [7, 11) is -3.54. The fraction of sp³-hybridized carbons (Fsp3) is 0.350. The standard InChI is InChI=1S/C20H25N3O3S/c1-3-16-13-23(27(25,26)18-11-9-15(2)10-12-18)14-19(16)21-22-20(24)17-7-5-4-6-8-17/h4-12,16,19,21H,3,13-14H2,1-2H3,(H,22,24)/t16-,19-/m1/s1. The molecule has 1 saturated heterocycles. The number of benzene rings is 2. The second-order valence-electron chi connectivity index (χ2n) is 6.87. The molecule has 1 heterocycles. The number of hydrogen-bond donors (Lipinski definition) is 2. The van der Waals surface area contributed by atoms with Crippen molar-refractivity contribution in [2.45, 2.75) is 31.2 Å². The fourth-order valence-electron chi connectivity index (χ4n) is 3.28. The minimum atomic E-state index is -3.54. The molecule has 144 valence electrons. The summed E-state index contributed by atoms with van der Waals surface area (Å²) in [4.78, 5) is 12.5. The number of carbonyl (C=O) groups excluding carboxylic acids is 1. The van der Waals surface area contributed by atoms with Crippen LogP contribution in [0.3, 0.4) is 0 Å². The molecule has 1 fully saturated rings. The topological polar surface area (TPSA) is 78.5 Å². The Balaban J connectivity index is 1.68. The summed E-state index contributed by atoms with van der Waals surface area (Å²) in [6.07, 6.45) is 0.818. The predicted molar refractivity (Wildman–Crippen MR) is 105 cm³/mol. The first-order valence-corrected chi connectivity index (χ1v) is 10.5. The van der Waals surface area contributed by atoms with E-state index in [1.165, 1.54) is 4.31 Å². The van der Waals surface area contributed by atoms with Gasteiger partial charge < -0.3 is 0 Å². The van der Waals surface area contributed by atoms with Crippen LogP contribution in [0.2, 0.25) is 0 Å². The van der Waals surface area contributed by atoms with E-state index in [-0.39, 0.29) is 17.9 Å². The zero-order chi connectivity index (χ0) is 19.4. The van der Waals surface area contributed by atoms with Crippen molar-refractivity contribution in [3.63, 3.8) is 0 Å². The molecule has 0 aliphatic carbocycles. The minimum absolute atomic E-state index is 0.126. The van der Waals surface area contributed by atoms with Gasteiger partial charge in [0.2, 0.25) is 10.0 Å². The lowest BCUT2D eigenvalue weighted by Gasteiger charge is -2.19. The molecular formula is C20H25N3O3S. The smallest absolute Gasteiger partial charge is 0.265 e. The lowest BCUT2D eigenvalue weighted by atomic mass is 10.0. The molecule has 1 amide bonds. The molecule has 2 aromatic carbocycles. The quantitative estimate of drug-likeness (QED) is 0.746. The zero-order valence-electron chi connectivity index (χ0n) is 15.6. The van der Waals surface area contributed by atoms with Crippen molar-refractivity contribution < 1.29 is 13.2 Å². The number of rotatable bonds is 6. The van der Waals surface area contributed by atoms with E-state index >= 15 is 0 Å². The third kappa shape index (κ3) is 4.37. The maximum absolute atomic E-state index is 12.9. The molecule has 0 unspecified atom stereocenters. The van der Waals surface area contributed by atoms with E-state index in [4.69, 9.17) is 0 Å². The third-order valence-corrected chi connectivity index (χ3v) is 6.84. The van der Waals surface area contributed by atoms with E-state index in [0.29, 0.717) is 23.5 Å². The van der Waals surface area contributed by atoms with Crippen LogP contribution in [0.25, 0.3) is 0 Å². The third-order valence-electron chi connectivity index (χ3n) is 5.00. The van der Waals surface area contributed by atoms with E-state index < -0.39 is 10.0 Å². The first-order chi connectivity index (χ1) is 12.9. The molecule has 7 heteroatoms. The number of aryl methyl sites for hydroxylation is 1. The summed E-state index contributed by atoms with van der Waals surface area (Å²) in [6, 6.07) is 15.7. The Hall–Kier alpha value is -2.22. The second kappa shape index (κ2) is 8.21. The Morgan fingerprint density at radius 3 is 2.37 bits per heavy atom. The van der Waals surface area contributed by atoms with Crippen LogP contribution in [0, 0.1) is 12.8 Å². The molecule has 0 spiro atoms. The van der Waals surface area contributed by atoms with E-state index in [0.717, 1.165) is 12.0 Å². The molecule has 6 nitrogen and oxygen atoms in total. The van der Waals surface area contributed by atoms with Gasteiger partial charge in [-0.15, -0.1) is 0 Å². The molecule has 27 heavy (non-hydrogen) atoms. The van der Waals surface area contributed by atoms with E-state index in [1.54, 1.807) is 48.5 Å². The van der Waals surface area contributed by atoms with Crippen molar-refractivity contribution in [1.29, 1.82) is 0 Å². The van der Waals surface area contributed by atoms with Gasteiger partial charge in [-0.2, -0.15) is 4.31 Å². The van der Waals surface area contributed by atoms with Crippen LogP contribution in [0.15, 0.2) is 59.5 Å². The first kappa shape index (κ1) is 19.5. The van der Waals surface area contributed by atoms with Gasteiger partial charge >= 0.3 is 0 Å². The molecule has 2 N–H and O–H groups in total. The minimum Gasteiger partial charge on any atom is -0.287 e. The largest absolute Gasteiger partial charge is 0.287 e. The van der Waals surface area contributed by atoms with Gasteiger partial charge in [0.05, 0.1) is 4.90 Å². The van der Waals surface area contributed by atoms with Crippen molar-refractivity contribution in [3.05, 3.63) is 65.7 Å². The highest BCUT2D eigenvalue weighted by Gasteiger charge is 2.38.